The van der Waals surface area contributed by atoms with E-state index < -0.39 is 0 Å². The predicted octanol–water partition coefficient (Wildman–Crippen LogP) is 4.05. The number of benzene rings is 2. The van der Waals surface area contributed by atoms with E-state index in [0.29, 0.717) is 42.2 Å². The molecule has 0 aliphatic carbocycles. The lowest BCUT2D eigenvalue weighted by Gasteiger charge is -2.42. The van der Waals surface area contributed by atoms with Gasteiger partial charge >= 0.3 is 6.03 Å². The summed E-state index contributed by atoms with van der Waals surface area (Å²) in [5.41, 5.74) is 3.45. The van der Waals surface area contributed by atoms with Crippen molar-refractivity contribution in [1.82, 2.24) is 9.47 Å². The Hall–Kier alpha value is -4.05. The summed E-state index contributed by atoms with van der Waals surface area (Å²) in [4.78, 5) is 28.2. The van der Waals surface area contributed by atoms with Crippen molar-refractivity contribution in [3.8, 4) is 22.9 Å². The van der Waals surface area contributed by atoms with Crippen LogP contribution in [0.3, 0.4) is 0 Å². The van der Waals surface area contributed by atoms with Gasteiger partial charge in [-0.05, 0) is 54.3 Å². The summed E-state index contributed by atoms with van der Waals surface area (Å²) < 4.78 is 7.20. The highest BCUT2D eigenvalue weighted by atomic mass is 16.5. The maximum atomic E-state index is 13.3. The SMILES string of the molecule is COc1ccccc1NC(=O)N1CC2CC(C1)c1ccc(-c3cccc(C#N)c3)c(=O)n1C2. The zero-order valence-electron chi connectivity index (χ0n) is 18.3. The molecule has 2 aromatic carbocycles. The normalized spacial score (nSPS) is 18.7. The molecule has 0 radical (unpaired) electrons. The highest BCUT2D eigenvalue weighted by molar-refractivity contribution is 5.91. The number of amides is 2. The van der Waals surface area contributed by atoms with Crippen LogP contribution in [0.25, 0.3) is 11.1 Å². The molecule has 2 bridgehead atoms. The van der Waals surface area contributed by atoms with E-state index in [9.17, 15) is 14.9 Å². The fourth-order valence-electron chi connectivity index (χ4n) is 5.03. The first-order valence-corrected chi connectivity index (χ1v) is 11.0. The molecule has 2 aliphatic heterocycles. The van der Waals surface area contributed by atoms with Gasteiger partial charge < -0.3 is 19.5 Å². The number of para-hydroxylation sites is 2. The van der Waals surface area contributed by atoms with Crippen LogP contribution in [0, 0.1) is 17.2 Å². The number of methoxy groups -OCH3 is 1. The molecule has 166 valence electrons. The number of aromatic nitrogens is 1. The first-order chi connectivity index (χ1) is 16.1. The summed E-state index contributed by atoms with van der Waals surface area (Å²) in [5.74, 6) is 0.930. The van der Waals surface area contributed by atoms with Gasteiger partial charge in [0.05, 0.1) is 24.4 Å². The molecule has 2 amide bonds. The number of pyridine rings is 1. The predicted molar refractivity (Wildman–Crippen MR) is 125 cm³/mol. The Morgan fingerprint density at radius 3 is 2.76 bits per heavy atom. The monoisotopic (exact) mass is 440 g/mol. The van der Waals surface area contributed by atoms with Gasteiger partial charge in [0.25, 0.3) is 5.56 Å². The van der Waals surface area contributed by atoms with Crippen molar-refractivity contribution >= 4 is 11.7 Å². The van der Waals surface area contributed by atoms with Gasteiger partial charge in [-0.2, -0.15) is 5.26 Å². The number of fused-ring (bicyclic) bond motifs is 4. The van der Waals surface area contributed by atoms with Crippen LogP contribution in [0.4, 0.5) is 10.5 Å². The molecular weight excluding hydrogens is 416 g/mol. The fourth-order valence-corrected chi connectivity index (χ4v) is 5.03. The number of anilines is 1. The van der Waals surface area contributed by atoms with Crippen LogP contribution < -0.4 is 15.6 Å². The molecule has 1 saturated heterocycles. The molecule has 7 nitrogen and oxygen atoms in total. The lowest BCUT2D eigenvalue weighted by molar-refractivity contribution is 0.139. The van der Waals surface area contributed by atoms with E-state index in [1.807, 2.05) is 51.9 Å². The van der Waals surface area contributed by atoms with E-state index in [1.165, 1.54) is 0 Å². The largest absolute Gasteiger partial charge is 0.495 e. The van der Waals surface area contributed by atoms with Crippen molar-refractivity contribution in [2.24, 2.45) is 5.92 Å². The van der Waals surface area contributed by atoms with Crippen LogP contribution in [0.15, 0.2) is 65.5 Å². The number of nitriles is 1. The number of nitrogens with zero attached hydrogens (tertiary/aromatic N) is 3. The minimum Gasteiger partial charge on any atom is -0.495 e. The van der Waals surface area contributed by atoms with Gasteiger partial charge in [-0.1, -0.05) is 24.3 Å². The van der Waals surface area contributed by atoms with Crippen molar-refractivity contribution in [2.75, 3.05) is 25.5 Å². The quantitative estimate of drug-likeness (QED) is 0.666. The minimum atomic E-state index is -0.157. The number of hydrogen-bond acceptors (Lipinski definition) is 4. The van der Waals surface area contributed by atoms with Crippen molar-refractivity contribution in [3.05, 3.63) is 82.3 Å². The van der Waals surface area contributed by atoms with Gasteiger partial charge in [0.2, 0.25) is 0 Å². The number of carbonyl (C=O) groups is 1. The van der Waals surface area contributed by atoms with Crippen LogP contribution in [0.1, 0.15) is 23.6 Å². The lowest BCUT2D eigenvalue weighted by atomic mass is 9.83. The summed E-state index contributed by atoms with van der Waals surface area (Å²) in [6.45, 7) is 1.73. The molecular formula is C26H24N4O3. The molecule has 5 rings (SSSR count). The number of rotatable bonds is 3. The number of nitrogens with one attached hydrogen (secondary N) is 1. The summed E-state index contributed by atoms with van der Waals surface area (Å²) in [6.07, 6.45) is 0.959. The summed E-state index contributed by atoms with van der Waals surface area (Å²) >= 11 is 0. The Balaban J connectivity index is 1.40. The Bertz CT molecular complexity index is 1320. The summed E-state index contributed by atoms with van der Waals surface area (Å²) in [6, 6.07) is 20.3. The molecule has 7 heteroatoms. The number of ether oxygens (including phenoxy) is 1. The fraction of sp³-hybridized carbons (Fsp3) is 0.269. The van der Waals surface area contributed by atoms with E-state index >= 15 is 0 Å². The molecule has 2 atom stereocenters. The van der Waals surface area contributed by atoms with Gasteiger partial charge in [-0.15, -0.1) is 0 Å². The third kappa shape index (κ3) is 3.85. The molecule has 1 N–H and O–H groups in total. The molecule has 1 aromatic heterocycles. The van der Waals surface area contributed by atoms with Gasteiger partial charge in [0, 0.05) is 36.8 Å². The van der Waals surface area contributed by atoms with Crippen molar-refractivity contribution < 1.29 is 9.53 Å². The first kappa shape index (κ1) is 20.8. The van der Waals surface area contributed by atoms with Crippen LogP contribution in [-0.4, -0.2) is 35.7 Å². The van der Waals surface area contributed by atoms with Crippen molar-refractivity contribution in [2.45, 2.75) is 18.9 Å². The number of piperidine rings is 1. The van der Waals surface area contributed by atoms with Gasteiger partial charge in [0.1, 0.15) is 5.75 Å². The Morgan fingerprint density at radius 1 is 1.09 bits per heavy atom. The van der Waals surface area contributed by atoms with Crippen LogP contribution >= 0.6 is 0 Å². The molecule has 0 saturated carbocycles. The first-order valence-electron chi connectivity index (χ1n) is 11.0. The summed E-state index contributed by atoms with van der Waals surface area (Å²) in [5, 5.41) is 12.2. The number of hydrogen-bond donors (Lipinski definition) is 1. The zero-order chi connectivity index (χ0) is 22.9. The molecule has 33 heavy (non-hydrogen) atoms. The second-order valence-corrected chi connectivity index (χ2v) is 8.61. The molecule has 0 spiro atoms. The molecule has 2 unspecified atom stereocenters. The van der Waals surface area contributed by atoms with Gasteiger partial charge in [-0.25, -0.2) is 4.79 Å². The third-order valence-electron chi connectivity index (χ3n) is 6.54. The Kier molecular flexibility index (Phi) is 5.35. The molecule has 2 aliphatic rings. The van der Waals surface area contributed by atoms with Crippen molar-refractivity contribution in [3.63, 3.8) is 0 Å². The topological polar surface area (TPSA) is 87.4 Å². The highest BCUT2D eigenvalue weighted by Crippen LogP contribution is 2.36. The van der Waals surface area contributed by atoms with Crippen LogP contribution in [0.2, 0.25) is 0 Å². The smallest absolute Gasteiger partial charge is 0.321 e. The number of likely N-dealkylation sites (tertiary alicyclic amines) is 1. The Morgan fingerprint density at radius 2 is 1.94 bits per heavy atom. The molecule has 3 heterocycles. The molecule has 3 aromatic rings. The van der Waals surface area contributed by atoms with Crippen LogP contribution in [0.5, 0.6) is 5.75 Å². The zero-order valence-corrected chi connectivity index (χ0v) is 18.3. The average Bonchev–Trinajstić information content (AvgIpc) is 2.85. The lowest BCUT2D eigenvalue weighted by Crippen LogP contribution is -2.50. The van der Waals surface area contributed by atoms with Gasteiger partial charge in [-0.3, -0.25) is 4.79 Å². The second kappa shape index (κ2) is 8.47. The maximum absolute atomic E-state index is 13.3. The highest BCUT2D eigenvalue weighted by Gasteiger charge is 2.37. The minimum absolute atomic E-state index is 0.0378. The van der Waals surface area contributed by atoms with Gasteiger partial charge in [0.15, 0.2) is 0 Å². The number of urea groups is 1. The summed E-state index contributed by atoms with van der Waals surface area (Å²) in [7, 11) is 1.58. The average molecular weight is 441 g/mol. The third-order valence-corrected chi connectivity index (χ3v) is 6.54. The van der Waals surface area contributed by atoms with E-state index in [0.717, 1.165) is 17.7 Å². The second-order valence-electron chi connectivity index (χ2n) is 8.61. The Labute approximate surface area is 191 Å². The standard InChI is InChI=1S/C26H24N4O3/c1-33-24-8-3-2-7-22(24)28-26(32)29-14-18-12-20(16-29)23-10-9-21(25(31)30(23)15-18)19-6-4-5-17(11-19)13-27/h2-11,18,20H,12,14-16H2,1H3,(H,28,32). The van der Waals surface area contributed by atoms with Crippen molar-refractivity contribution in [1.29, 1.82) is 5.26 Å². The van der Waals surface area contributed by atoms with E-state index in [2.05, 4.69) is 11.4 Å². The van der Waals surface area contributed by atoms with E-state index in [4.69, 9.17) is 4.74 Å². The van der Waals surface area contributed by atoms with Crippen LogP contribution in [-0.2, 0) is 6.54 Å². The molecule has 1 fully saturated rings. The maximum Gasteiger partial charge on any atom is 0.321 e. The van der Waals surface area contributed by atoms with E-state index in [1.54, 1.807) is 25.3 Å². The number of carbonyl (C=O) groups excluding carboxylic acids is 1. The van der Waals surface area contributed by atoms with E-state index in [-0.39, 0.29) is 23.4 Å².